The van der Waals surface area contributed by atoms with Crippen LogP contribution in [0.1, 0.15) is 17.0 Å². The molecular weight excluding hydrogens is 262 g/mol. The number of nitrogens with zero attached hydrogens (tertiary/aromatic N) is 2. The van der Waals surface area contributed by atoms with E-state index in [-0.39, 0.29) is 11.7 Å². The van der Waals surface area contributed by atoms with Crippen molar-refractivity contribution in [3.05, 3.63) is 46.0 Å². The molecule has 0 N–H and O–H groups in total. The van der Waals surface area contributed by atoms with E-state index >= 15 is 0 Å². The van der Waals surface area contributed by atoms with E-state index in [1.165, 1.54) is 10.7 Å². The van der Waals surface area contributed by atoms with E-state index in [4.69, 9.17) is 23.2 Å². The molecule has 5 heteroatoms. The van der Waals surface area contributed by atoms with Crippen LogP contribution in [0.3, 0.4) is 0 Å². The summed E-state index contributed by atoms with van der Waals surface area (Å²) in [6, 6.07) is 4.84. The maximum absolute atomic E-state index is 13.9. The number of benzene rings is 1. The minimum Gasteiger partial charge on any atom is -0.233 e. The van der Waals surface area contributed by atoms with Crippen molar-refractivity contribution in [3.63, 3.8) is 0 Å². The third kappa shape index (κ3) is 2.17. The molecule has 2 nitrogen and oxygen atoms in total. The minimum atomic E-state index is -0.356. The van der Waals surface area contributed by atoms with E-state index in [0.717, 1.165) is 11.3 Å². The highest BCUT2D eigenvalue weighted by Crippen LogP contribution is 2.24. The van der Waals surface area contributed by atoms with Crippen molar-refractivity contribution >= 4 is 23.2 Å². The van der Waals surface area contributed by atoms with Crippen molar-refractivity contribution < 1.29 is 4.39 Å². The number of halogens is 3. The van der Waals surface area contributed by atoms with Gasteiger partial charge in [0.25, 0.3) is 0 Å². The van der Waals surface area contributed by atoms with Crippen LogP contribution in [-0.4, -0.2) is 9.78 Å². The Labute approximate surface area is 109 Å². The van der Waals surface area contributed by atoms with Crippen LogP contribution in [0.2, 0.25) is 5.02 Å². The van der Waals surface area contributed by atoms with Gasteiger partial charge in [-0.3, -0.25) is 0 Å². The second-order valence-corrected chi connectivity index (χ2v) is 4.46. The first kappa shape index (κ1) is 12.4. The van der Waals surface area contributed by atoms with Crippen molar-refractivity contribution in [2.24, 2.45) is 0 Å². The summed E-state index contributed by atoms with van der Waals surface area (Å²) in [5.74, 6) is -0.0693. The average Bonchev–Trinajstić information content (AvgIpc) is 2.57. The molecule has 0 amide bonds. The fourth-order valence-electron chi connectivity index (χ4n) is 1.66. The molecule has 2 aromatic rings. The molecule has 0 atom stereocenters. The van der Waals surface area contributed by atoms with E-state index in [0.29, 0.717) is 16.4 Å². The minimum absolute atomic E-state index is 0.287. The smallest absolute Gasteiger partial charge is 0.149 e. The average molecular weight is 273 g/mol. The van der Waals surface area contributed by atoms with Gasteiger partial charge in [-0.2, -0.15) is 5.10 Å². The van der Waals surface area contributed by atoms with Gasteiger partial charge in [0.2, 0.25) is 0 Å². The Morgan fingerprint density at radius 2 is 2.06 bits per heavy atom. The zero-order valence-corrected chi connectivity index (χ0v) is 11.0. The fourth-order valence-corrected chi connectivity index (χ4v) is 1.95. The van der Waals surface area contributed by atoms with E-state index in [1.807, 2.05) is 0 Å². The standard InChI is InChI=1S/C12H11Cl2FN2/c1-7-12(14)8(2)17(16-7)11-4-3-9(6-13)5-10(11)15/h3-5H,6H2,1-2H3. The summed E-state index contributed by atoms with van der Waals surface area (Å²) in [7, 11) is 0. The van der Waals surface area contributed by atoms with Crippen LogP contribution in [0.4, 0.5) is 4.39 Å². The molecule has 17 heavy (non-hydrogen) atoms. The monoisotopic (exact) mass is 272 g/mol. The first-order valence-corrected chi connectivity index (χ1v) is 6.02. The van der Waals surface area contributed by atoms with Crippen molar-refractivity contribution in [1.82, 2.24) is 9.78 Å². The van der Waals surface area contributed by atoms with Gasteiger partial charge in [0.15, 0.2) is 0 Å². The van der Waals surface area contributed by atoms with Gasteiger partial charge in [-0.05, 0) is 31.5 Å². The number of hydrogen-bond donors (Lipinski definition) is 0. The van der Waals surface area contributed by atoms with Crippen LogP contribution >= 0.6 is 23.2 Å². The lowest BCUT2D eigenvalue weighted by molar-refractivity contribution is 0.606. The van der Waals surface area contributed by atoms with Gasteiger partial charge in [-0.25, -0.2) is 9.07 Å². The van der Waals surface area contributed by atoms with Crippen molar-refractivity contribution in [1.29, 1.82) is 0 Å². The van der Waals surface area contributed by atoms with Gasteiger partial charge in [0.1, 0.15) is 11.5 Å². The molecule has 0 bridgehead atoms. The van der Waals surface area contributed by atoms with Gasteiger partial charge in [0, 0.05) is 5.88 Å². The molecule has 1 heterocycles. The lowest BCUT2D eigenvalue weighted by Crippen LogP contribution is -2.02. The predicted molar refractivity (Wildman–Crippen MR) is 67.6 cm³/mol. The van der Waals surface area contributed by atoms with Crippen molar-refractivity contribution in [3.8, 4) is 5.69 Å². The fraction of sp³-hybridized carbons (Fsp3) is 0.250. The lowest BCUT2D eigenvalue weighted by Gasteiger charge is -2.06. The maximum atomic E-state index is 13.9. The van der Waals surface area contributed by atoms with Crippen LogP contribution in [-0.2, 0) is 5.88 Å². The quantitative estimate of drug-likeness (QED) is 0.755. The van der Waals surface area contributed by atoms with Gasteiger partial charge in [-0.15, -0.1) is 11.6 Å². The van der Waals surface area contributed by atoms with E-state index in [2.05, 4.69) is 5.10 Å². The maximum Gasteiger partial charge on any atom is 0.149 e. The summed E-state index contributed by atoms with van der Waals surface area (Å²) in [4.78, 5) is 0. The molecule has 0 unspecified atom stereocenters. The molecule has 90 valence electrons. The SMILES string of the molecule is Cc1nn(-c2ccc(CCl)cc2F)c(C)c1Cl. The molecule has 2 rings (SSSR count). The predicted octanol–water partition coefficient (Wildman–Crippen LogP) is 4.02. The Kier molecular flexibility index (Phi) is 3.40. The molecule has 0 saturated heterocycles. The normalized spacial score (nSPS) is 10.9. The lowest BCUT2D eigenvalue weighted by atomic mass is 10.2. The number of rotatable bonds is 2. The van der Waals surface area contributed by atoms with E-state index < -0.39 is 0 Å². The molecule has 1 aromatic carbocycles. The third-order valence-electron chi connectivity index (χ3n) is 2.60. The summed E-state index contributed by atoms with van der Waals surface area (Å²) in [6.45, 7) is 3.59. The topological polar surface area (TPSA) is 17.8 Å². The number of hydrogen-bond acceptors (Lipinski definition) is 1. The molecular formula is C12H11Cl2FN2. The van der Waals surface area contributed by atoms with Crippen LogP contribution < -0.4 is 0 Å². The first-order chi connectivity index (χ1) is 8.04. The Balaban J connectivity index is 2.57. The molecule has 0 radical (unpaired) electrons. The molecule has 0 spiro atoms. The summed E-state index contributed by atoms with van der Waals surface area (Å²) in [6.07, 6.45) is 0. The summed E-state index contributed by atoms with van der Waals surface area (Å²) < 4.78 is 15.4. The van der Waals surface area contributed by atoms with E-state index in [1.54, 1.807) is 26.0 Å². The first-order valence-electron chi connectivity index (χ1n) is 5.11. The van der Waals surface area contributed by atoms with Crippen LogP contribution in [0.25, 0.3) is 5.69 Å². The number of alkyl halides is 1. The summed E-state index contributed by atoms with van der Waals surface area (Å²) in [5.41, 5.74) is 2.53. The second-order valence-electron chi connectivity index (χ2n) is 3.82. The molecule has 0 aliphatic heterocycles. The number of aromatic nitrogens is 2. The van der Waals surface area contributed by atoms with Gasteiger partial charge >= 0.3 is 0 Å². The van der Waals surface area contributed by atoms with Crippen LogP contribution in [0.5, 0.6) is 0 Å². The highest BCUT2D eigenvalue weighted by molar-refractivity contribution is 6.31. The van der Waals surface area contributed by atoms with E-state index in [9.17, 15) is 4.39 Å². The molecule has 0 aliphatic carbocycles. The zero-order chi connectivity index (χ0) is 12.6. The van der Waals surface area contributed by atoms with Gasteiger partial charge < -0.3 is 0 Å². The molecule has 0 aliphatic rings. The third-order valence-corrected chi connectivity index (χ3v) is 3.45. The molecule has 1 aromatic heterocycles. The van der Waals surface area contributed by atoms with Crippen LogP contribution in [0.15, 0.2) is 18.2 Å². The van der Waals surface area contributed by atoms with Crippen LogP contribution in [0, 0.1) is 19.7 Å². The van der Waals surface area contributed by atoms with Gasteiger partial charge in [-0.1, -0.05) is 17.7 Å². The highest BCUT2D eigenvalue weighted by Gasteiger charge is 2.13. The summed E-state index contributed by atoms with van der Waals surface area (Å²) in [5, 5.41) is 4.77. The second kappa shape index (κ2) is 4.67. The molecule has 0 fully saturated rings. The van der Waals surface area contributed by atoms with Crippen molar-refractivity contribution in [2.45, 2.75) is 19.7 Å². The largest absolute Gasteiger partial charge is 0.233 e. The number of aryl methyl sites for hydroxylation is 1. The Hall–Kier alpha value is -1.06. The Bertz CT molecular complexity index is 564. The van der Waals surface area contributed by atoms with Crippen molar-refractivity contribution in [2.75, 3.05) is 0 Å². The summed E-state index contributed by atoms with van der Waals surface area (Å²) >= 11 is 11.7. The Morgan fingerprint density at radius 3 is 2.53 bits per heavy atom. The van der Waals surface area contributed by atoms with Gasteiger partial charge in [0.05, 0.1) is 16.4 Å². The molecule has 0 saturated carbocycles. The zero-order valence-electron chi connectivity index (χ0n) is 9.47. The Morgan fingerprint density at radius 1 is 1.35 bits per heavy atom. The highest BCUT2D eigenvalue weighted by atomic mass is 35.5.